The number of rotatable bonds is 3. The van der Waals surface area contributed by atoms with Crippen LogP contribution in [-0.4, -0.2) is 41.3 Å². The van der Waals surface area contributed by atoms with E-state index in [9.17, 15) is 9.18 Å². The number of hydrogen-bond acceptors (Lipinski definition) is 2. The topological polar surface area (TPSA) is 39.3 Å². The lowest BCUT2D eigenvalue weighted by atomic mass is 9.65. The summed E-state index contributed by atoms with van der Waals surface area (Å²) in [6.45, 7) is 0.629. The Morgan fingerprint density at radius 3 is 2.36 bits per heavy atom. The largest absolute Gasteiger partial charge is 0.356 e. The lowest BCUT2D eigenvalue weighted by molar-refractivity contribution is -0.0142. The monoisotopic (exact) mass is 481 g/mol. The SMILES string of the molecule is CN(C)C1(c2ccccc2)CCC2(CC1)c1[nH]c3ccccc3c1CCN2C(=O)c1cccc(F)c1. The van der Waals surface area contributed by atoms with Crippen LogP contribution in [0, 0.1) is 5.82 Å². The van der Waals surface area contributed by atoms with Gasteiger partial charge in [-0.1, -0.05) is 54.6 Å². The number of H-pyrrole nitrogens is 1. The fourth-order valence-electron chi connectivity index (χ4n) is 6.84. The minimum Gasteiger partial charge on any atom is -0.356 e. The summed E-state index contributed by atoms with van der Waals surface area (Å²) in [5.41, 5.74) is 4.80. The first-order valence-electron chi connectivity index (χ1n) is 12.9. The van der Waals surface area contributed by atoms with Gasteiger partial charge in [0.25, 0.3) is 5.91 Å². The van der Waals surface area contributed by atoms with E-state index in [2.05, 4.69) is 78.6 Å². The van der Waals surface area contributed by atoms with E-state index >= 15 is 0 Å². The van der Waals surface area contributed by atoms with Crippen molar-refractivity contribution in [1.82, 2.24) is 14.8 Å². The molecule has 0 radical (unpaired) electrons. The van der Waals surface area contributed by atoms with Crippen LogP contribution in [0.3, 0.4) is 0 Å². The molecule has 0 atom stereocenters. The van der Waals surface area contributed by atoms with Gasteiger partial charge in [-0.2, -0.15) is 0 Å². The number of halogens is 1. The summed E-state index contributed by atoms with van der Waals surface area (Å²) in [6, 6.07) is 25.3. The molecule has 1 spiro atoms. The first kappa shape index (κ1) is 23.0. The molecule has 4 aromatic rings. The number of amides is 1. The van der Waals surface area contributed by atoms with Gasteiger partial charge in [-0.25, -0.2) is 4.39 Å². The molecule has 1 amide bonds. The smallest absolute Gasteiger partial charge is 0.254 e. The highest BCUT2D eigenvalue weighted by molar-refractivity contribution is 5.95. The molecular formula is C31H32FN3O. The highest BCUT2D eigenvalue weighted by Gasteiger charge is 2.53. The van der Waals surface area contributed by atoms with Crippen LogP contribution in [0.1, 0.15) is 52.9 Å². The van der Waals surface area contributed by atoms with Crippen LogP contribution in [0.25, 0.3) is 10.9 Å². The molecule has 3 aromatic carbocycles. The average molecular weight is 482 g/mol. The van der Waals surface area contributed by atoms with Crippen molar-refractivity contribution in [2.45, 2.75) is 43.2 Å². The standard InChI is InChI=1S/C31H32FN3O/c1-34(2)30(23-10-4-3-5-11-23)16-18-31(19-17-30)28-26(25-13-6-7-14-27(25)33-28)15-20-35(31)29(36)22-9-8-12-24(32)21-22/h3-14,21,33H,15-20H2,1-2H3. The van der Waals surface area contributed by atoms with E-state index in [4.69, 9.17) is 0 Å². The lowest BCUT2D eigenvalue weighted by Crippen LogP contribution is -2.58. The molecule has 1 fully saturated rings. The van der Waals surface area contributed by atoms with Crippen molar-refractivity contribution in [1.29, 1.82) is 0 Å². The third kappa shape index (κ3) is 3.40. The highest BCUT2D eigenvalue weighted by atomic mass is 19.1. The minimum absolute atomic E-state index is 0.0872. The molecule has 1 saturated carbocycles. The van der Waals surface area contributed by atoms with E-state index in [1.54, 1.807) is 12.1 Å². The molecule has 0 unspecified atom stereocenters. The van der Waals surface area contributed by atoms with Gasteiger partial charge in [-0.15, -0.1) is 0 Å². The van der Waals surface area contributed by atoms with Gasteiger partial charge in [0, 0.05) is 34.2 Å². The number of aromatic nitrogens is 1. The summed E-state index contributed by atoms with van der Waals surface area (Å²) in [6.07, 6.45) is 4.30. The maximum Gasteiger partial charge on any atom is 0.254 e. The van der Waals surface area contributed by atoms with Crippen molar-refractivity contribution in [3.05, 3.63) is 107 Å². The number of fused-ring (bicyclic) bond motifs is 4. The Bertz CT molecular complexity index is 1420. The molecule has 1 aliphatic carbocycles. The Balaban J connectivity index is 1.47. The van der Waals surface area contributed by atoms with Gasteiger partial charge < -0.3 is 9.88 Å². The Morgan fingerprint density at radius 1 is 0.917 bits per heavy atom. The number of benzene rings is 3. The number of para-hydroxylation sites is 1. The lowest BCUT2D eigenvalue weighted by Gasteiger charge is -2.55. The van der Waals surface area contributed by atoms with E-state index in [0.29, 0.717) is 12.1 Å². The molecule has 0 saturated heterocycles. The fourth-order valence-corrected chi connectivity index (χ4v) is 6.84. The third-order valence-electron chi connectivity index (χ3n) is 8.77. The van der Waals surface area contributed by atoms with Gasteiger partial charge >= 0.3 is 0 Å². The number of nitrogens with zero attached hydrogens (tertiary/aromatic N) is 2. The zero-order valence-electron chi connectivity index (χ0n) is 20.9. The van der Waals surface area contributed by atoms with Crippen molar-refractivity contribution >= 4 is 16.8 Å². The van der Waals surface area contributed by atoms with E-state index in [0.717, 1.165) is 37.6 Å². The summed E-state index contributed by atoms with van der Waals surface area (Å²) < 4.78 is 14.1. The van der Waals surface area contributed by atoms with Crippen molar-refractivity contribution < 1.29 is 9.18 Å². The van der Waals surface area contributed by atoms with Crippen molar-refractivity contribution in [2.24, 2.45) is 0 Å². The maximum atomic E-state index is 14.1. The summed E-state index contributed by atoms with van der Waals surface area (Å²) in [7, 11) is 4.33. The van der Waals surface area contributed by atoms with E-state index in [-0.39, 0.29) is 17.3 Å². The molecular weight excluding hydrogens is 449 g/mol. The van der Waals surface area contributed by atoms with Crippen LogP contribution in [0.15, 0.2) is 78.9 Å². The molecule has 2 aliphatic rings. The Labute approximate surface area is 211 Å². The molecule has 36 heavy (non-hydrogen) atoms. The second-order valence-electron chi connectivity index (χ2n) is 10.6. The van der Waals surface area contributed by atoms with Crippen molar-refractivity contribution in [2.75, 3.05) is 20.6 Å². The van der Waals surface area contributed by atoms with Gasteiger partial charge in [-0.05, 0) is 81.6 Å². The van der Waals surface area contributed by atoms with Crippen LogP contribution in [0.2, 0.25) is 0 Å². The molecule has 4 nitrogen and oxygen atoms in total. The predicted octanol–water partition coefficient (Wildman–Crippen LogP) is 6.23. The number of hydrogen-bond donors (Lipinski definition) is 1. The number of carbonyl (C=O) groups excluding carboxylic acids is 1. The minimum atomic E-state index is -0.454. The average Bonchev–Trinajstić information content (AvgIpc) is 3.29. The van der Waals surface area contributed by atoms with Gasteiger partial charge in [0.15, 0.2) is 0 Å². The summed E-state index contributed by atoms with van der Waals surface area (Å²) in [4.78, 5) is 22.1. The second kappa shape index (κ2) is 8.59. The Kier molecular flexibility index (Phi) is 5.49. The number of carbonyl (C=O) groups is 1. The van der Waals surface area contributed by atoms with Gasteiger partial charge in [0.2, 0.25) is 0 Å². The Morgan fingerprint density at radius 2 is 1.64 bits per heavy atom. The second-order valence-corrected chi connectivity index (χ2v) is 10.6. The third-order valence-corrected chi connectivity index (χ3v) is 8.77. The number of nitrogens with one attached hydrogen (secondary N) is 1. The van der Waals surface area contributed by atoms with Crippen LogP contribution >= 0.6 is 0 Å². The summed E-state index contributed by atoms with van der Waals surface area (Å²) in [5, 5.41) is 1.25. The van der Waals surface area contributed by atoms with Crippen molar-refractivity contribution in [3.63, 3.8) is 0 Å². The molecule has 5 heteroatoms. The van der Waals surface area contributed by atoms with Crippen LogP contribution in [0.4, 0.5) is 4.39 Å². The molecule has 0 bridgehead atoms. The molecule has 1 N–H and O–H groups in total. The number of aromatic amines is 1. The van der Waals surface area contributed by atoms with Crippen LogP contribution in [-0.2, 0) is 17.5 Å². The molecule has 6 rings (SSSR count). The summed E-state index contributed by atoms with van der Waals surface area (Å²) >= 11 is 0. The maximum absolute atomic E-state index is 14.1. The van der Waals surface area contributed by atoms with E-state index < -0.39 is 5.54 Å². The molecule has 184 valence electrons. The zero-order valence-corrected chi connectivity index (χ0v) is 20.9. The Hall–Kier alpha value is -3.44. The predicted molar refractivity (Wildman–Crippen MR) is 141 cm³/mol. The fraction of sp³-hybridized carbons (Fsp3) is 0.323. The van der Waals surface area contributed by atoms with Gasteiger partial charge in [-0.3, -0.25) is 9.69 Å². The first-order valence-corrected chi connectivity index (χ1v) is 12.9. The van der Waals surface area contributed by atoms with Gasteiger partial charge in [0.1, 0.15) is 5.82 Å². The zero-order chi connectivity index (χ0) is 24.9. The molecule has 1 aliphatic heterocycles. The highest BCUT2D eigenvalue weighted by Crippen LogP contribution is 2.53. The first-order chi connectivity index (χ1) is 17.4. The van der Waals surface area contributed by atoms with E-state index in [1.165, 1.54) is 34.3 Å². The molecule has 2 heterocycles. The van der Waals surface area contributed by atoms with Gasteiger partial charge in [0.05, 0.1) is 5.54 Å². The molecule has 1 aromatic heterocycles. The summed E-state index contributed by atoms with van der Waals surface area (Å²) in [5.74, 6) is -0.464. The van der Waals surface area contributed by atoms with Crippen LogP contribution in [0.5, 0.6) is 0 Å². The van der Waals surface area contributed by atoms with Crippen molar-refractivity contribution in [3.8, 4) is 0 Å². The van der Waals surface area contributed by atoms with Crippen LogP contribution < -0.4 is 0 Å². The quantitative estimate of drug-likeness (QED) is 0.377. The van der Waals surface area contributed by atoms with E-state index in [1.807, 2.05) is 4.90 Å². The normalized spacial score (nSPS) is 23.8.